The van der Waals surface area contributed by atoms with Gasteiger partial charge in [-0.1, -0.05) is 38.1 Å². The Labute approximate surface area is 132 Å². The summed E-state index contributed by atoms with van der Waals surface area (Å²) in [4.78, 5) is 16.6. The first kappa shape index (κ1) is 15.5. The Balaban J connectivity index is 1.52. The second kappa shape index (κ2) is 5.36. The topological polar surface area (TPSA) is 43.8 Å². The van der Waals surface area contributed by atoms with Crippen molar-refractivity contribution in [3.05, 3.63) is 35.4 Å². The zero-order valence-corrected chi connectivity index (χ0v) is 13.8. The van der Waals surface area contributed by atoms with Crippen molar-refractivity contribution in [2.75, 3.05) is 19.6 Å². The zero-order valence-electron chi connectivity index (χ0n) is 13.8. The van der Waals surface area contributed by atoms with Gasteiger partial charge < -0.3 is 10.0 Å². The first-order valence-corrected chi connectivity index (χ1v) is 8.08. The Bertz CT molecular complexity index is 539. The second-order valence-corrected chi connectivity index (χ2v) is 7.64. The van der Waals surface area contributed by atoms with Crippen molar-refractivity contribution < 1.29 is 9.90 Å². The molecule has 1 aromatic rings. The maximum absolute atomic E-state index is 12.4. The number of aliphatic hydroxyl groups is 1. The molecule has 0 spiro atoms. The number of fused-ring (bicyclic) bond motifs is 1. The summed E-state index contributed by atoms with van der Waals surface area (Å²) in [6.07, 6.45) is 0.528. The molecule has 1 aromatic carbocycles. The predicted molar refractivity (Wildman–Crippen MR) is 86.2 cm³/mol. The van der Waals surface area contributed by atoms with E-state index in [4.69, 9.17) is 0 Å². The van der Waals surface area contributed by atoms with Gasteiger partial charge in [0.05, 0.1) is 5.60 Å². The molecule has 0 unspecified atom stereocenters. The number of carbonyl (C=O) groups excluding carboxylic acids is 1. The van der Waals surface area contributed by atoms with Gasteiger partial charge in [0.2, 0.25) is 5.91 Å². The van der Waals surface area contributed by atoms with Gasteiger partial charge in [0.25, 0.3) is 0 Å². The minimum atomic E-state index is -0.799. The Morgan fingerprint density at radius 1 is 1.14 bits per heavy atom. The molecule has 0 aliphatic carbocycles. The van der Waals surface area contributed by atoms with Crippen molar-refractivity contribution in [3.8, 4) is 0 Å². The Morgan fingerprint density at radius 3 is 2.23 bits per heavy atom. The van der Waals surface area contributed by atoms with E-state index in [0.29, 0.717) is 19.5 Å². The van der Waals surface area contributed by atoms with Crippen LogP contribution in [0.4, 0.5) is 0 Å². The second-order valence-electron chi connectivity index (χ2n) is 7.64. The fraction of sp³-hybridized carbons (Fsp3) is 0.611. The molecule has 2 aliphatic rings. The molecule has 2 aliphatic heterocycles. The highest BCUT2D eigenvalue weighted by molar-refractivity contribution is 5.77. The van der Waals surface area contributed by atoms with Gasteiger partial charge in [-0.2, -0.15) is 0 Å². The van der Waals surface area contributed by atoms with Crippen LogP contribution in [0.2, 0.25) is 0 Å². The van der Waals surface area contributed by atoms with Gasteiger partial charge in [-0.15, -0.1) is 0 Å². The van der Waals surface area contributed by atoms with E-state index >= 15 is 0 Å². The lowest BCUT2D eigenvalue weighted by Gasteiger charge is -2.30. The molecule has 1 N–H and O–H groups in total. The van der Waals surface area contributed by atoms with E-state index in [0.717, 1.165) is 19.6 Å². The SMILES string of the molecule is CC1(C)CN(C(=O)CCN2Cc3ccccc3C2)C[C@@]1(C)O. The minimum Gasteiger partial charge on any atom is -0.388 e. The largest absolute Gasteiger partial charge is 0.388 e. The number of amides is 1. The third-order valence-electron chi connectivity index (χ3n) is 5.44. The van der Waals surface area contributed by atoms with Crippen LogP contribution in [0.5, 0.6) is 0 Å². The number of rotatable bonds is 3. The number of nitrogens with zero attached hydrogens (tertiary/aromatic N) is 2. The van der Waals surface area contributed by atoms with Crippen molar-refractivity contribution >= 4 is 5.91 Å². The maximum Gasteiger partial charge on any atom is 0.223 e. The molecule has 4 nitrogen and oxygen atoms in total. The van der Waals surface area contributed by atoms with Gasteiger partial charge in [-0.3, -0.25) is 9.69 Å². The van der Waals surface area contributed by atoms with E-state index in [-0.39, 0.29) is 11.3 Å². The molecule has 4 heteroatoms. The summed E-state index contributed by atoms with van der Waals surface area (Å²) in [5, 5.41) is 10.4. The molecule has 22 heavy (non-hydrogen) atoms. The van der Waals surface area contributed by atoms with Gasteiger partial charge >= 0.3 is 0 Å². The Morgan fingerprint density at radius 2 is 1.73 bits per heavy atom. The van der Waals surface area contributed by atoms with E-state index in [9.17, 15) is 9.90 Å². The van der Waals surface area contributed by atoms with Crippen LogP contribution in [-0.2, 0) is 17.9 Å². The van der Waals surface area contributed by atoms with Gasteiger partial charge in [-0.05, 0) is 18.1 Å². The van der Waals surface area contributed by atoms with Crippen molar-refractivity contribution in [1.29, 1.82) is 0 Å². The molecule has 2 heterocycles. The summed E-state index contributed by atoms with van der Waals surface area (Å²) in [6.45, 7) is 9.62. The summed E-state index contributed by atoms with van der Waals surface area (Å²) in [5.41, 5.74) is 1.71. The summed E-state index contributed by atoms with van der Waals surface area (Å²) < 4.78 is 0. The van der Waals surface area contributed by atoms with E-state index in [1.54, 1.807) is 0 Å². The van der Waals surface area contributed by atoms with Crippen LogP contribution in [0.15, 0.2) is 24.3 Å². The lowest BCUT2D eigenvalue weighted by molar-refractivity contribution is -0.131. The van der Waals surface area contributed by atoms with Gasteiger partial charge in [0.1, 0.15) is 0 Å². The highest BCUT2D eigenvalue weighted by Crippen LogP contribution is 2.38. The first-order chi connectivity index (χ1) is 10.3. The average molecular weight is 302 g/mol. The van der Waals surface area contributed by atoms with Crippen molar-refractivity contribution in [1.82, 2.24) is 9.80 Å². The number of carbonyl (C=O) groups is 1. The van der Waals surface area contributed by atoms with E-state index < -0.39 is 5.60 Å². The molecular formula is C18H26N2O2. The van der Waals surface area contributed by atoms with E-state index in [1.165, 1.54) is 11.1 Å². The van der Waals surface area contributed by atoms with Crippen LogP contribution >= 0.6 is 0 Å². The average Bonchev–Trinajstić information content (AvgIpc) is 2.94. The van der Waals surface area contributed by atoms with Crippen LogP contribution in [0, 0.1) is 5.41 Å². The lowest BCUT2D eigenvalue weighted by atomic mass is 9.79. The summed E-state index contributed by atoms with van der Waals surface area (Å²) >= 11 is 0. The lowest BCUT2D eigenvalue weighted by Crippen LogP contribution is -2.40. The maximum atomic E-state index is 12.4. The summed E-state index contributed by atoms with van der Waals surface area (Å²) in [5.74, 6) is 0.154. The van der Waals surface area contributed by atoms with Crippen LogP contribution in [0.3, 0.4) is 0 Å². The van der Waals surface area contributed by atoms with Crippen molar-refractivity contribution in [3.63, 3.8) is 0 Å². The van der Waals surface area contributed by atoms with Gasteiger partial charge in [0, 0.05) is 44.6 Å². The standard InChI is InChI=1S/C18H26N2O2/c1-17(2)12-20(13-18(17,3)22)16(21)8-9-19-10-14-6-4-5-7-15(14)11-19/h4-7,22H,8-13H2,1-3H3/t18-/m1/s1. The monoisotopic (exact) mass is 302 g/mol. The smallest absolute Gasteiger partial charge is 0.223 e. The molecule has 0 radical (unpaired) electrons. The molecule has 0 bridgehead atoms. The summed E-state index contributed by atoms with van der Waals surface area (Å²) in [6, 6.07) is 8.47. The number of hydrogen-bond acceptors (Lipinski definition) is 3. The summed E-state index contributed by atoms with van der Waals surface area (Å²) in [7, 11) is 0. The van der Waals surface area contributed by atoms with Crippen LogP contribution < -0.4 is 0 Å². The predicted octanol–water partition coefficient (Wildman–Crippen LogP) is 2.01. The Hall–Kier alpha value is -1.39. The molecule has 0 saturated carbocycles. The van der Waals surface area contributed by atoms with Gasteiger partial charge in [0.15, 0.2) is 0 Å². The molecule has 1 amide bonds. The third kappa shape index (κ3) is 2.77. The quantitative estimate of drug-likeness (QED) is 0.929. The highest BCUT2D eigenvalue weighted by atomic mass is 16.3. The van der Waals surface area contributed by atoms with Crippen LogP contribution in [0.25, 0.3) is 0 Å². The molecule has 0 aromatic heterocycles. The number of hydrogen-bond donors (Lipinski definition) is 1. The van der Waals surface area contributed by atoms with E-state index in [2.05, 4.69) is 29.2 Å². The number of likely N-dealkylation sites (tertiary alicyclic amines) is 1. The molecular weight excluding hydrogens is 276 g/mol. The van der Waals surface area contributed by atoms with Crippen LogP contribution in [0.1, 0.15) is 38.3 Å². The van der Waals surface area contributed by atoms with Crippen LogP contribution in [-0.4, -0.2) is 46.0 Å². The van der Waals surface area contributed by atoms with Crippen molar-refractivity contribution in [2.45, 2.75) is 45.9 Å². The zero-order chi connectivity index (χ0) is 16.0. The molecule has 120 valence electrons. The minimum absolute atomic E-state index is 0.154. The number of benzene rings is 1. The molecule has 1 fully saturated rings. The van der Waals surface area contributed by atoms with Crippen molar-refractivity contribution in [2.24, 2.45) is 5.41 Å². The third-order valence-corrected chi connectivity index (χ3v) is 5.44. The van der Waals surface area contributed by atoms with E-state index in [1.807, 2.05) is 25.7 Å². The fourth-order valence-corrected chi connectivity index (χ4v) is 3.44. The number of β-amino-alcohol motifs (C(OH)–C–C–N with tert-alkyl or cyclic N) is 1. The Kier molecular flexibility index (Phi) is 3.77. The highest BCUT2D eigenvalue weighted by Gasteiger charge is 2.48. The normalized spacial score (nSPS) is 27.2. The molecule has 1 atom stereocenters. The first-order valence-electron chi connectivity index (χ1n) is 8.08. The molecule has 1 saturated heterocycles. The fourth-order valence-electron chi connectivity index (χ4n) is 3.44. The van der Waals surface area contributed by atoms with Gasteiger partial charge in [-0.25, -0.2) is 0 Å². The molecule has 3 rings (SSSR count).